The van der Waals surface area contributed by atoms with Crippen LogP contribution in [0.3, 0.4) is 0 Å². The second kappa shape index (κ2) is 6.51. The minimum absolute atomic E-state index is 0.507. The topological polar surface area (TPSA) is 9.23 Å². The number of hydrogen-bond acceptors (Lipinski definition) is 1. The Labute approximate surface area is 134 Å². The number of hydrogen-bond donors (Lipinski definition) is 0. The third-order valence-electron chi connectivity index (χ3n) is 3.09. The lowest BCUT2D eigenvalue weighted by Crippen LogP contribution is -2.77. The van der Waals surface area contributed by atoms with Crippen LogP contribution in [0.4, 0.5) is 65.9 Å². The molecule has 0 bridgehead atoms. The molecule has 0 aromatic heterocycles. The van der Waals surface area contributed by atoms with E-state index in [-0.39, 0.29) is 0 Å². The molecule has 26 heavy (non-hydrogen) atoms. The minimum atomic E-state index is -8.36. The molecule has 0 aromatic rings. The molecule has 0 N–H and O–H groups in total. The fourth-order valence-corrected chi connectivity index (χ4v) is 1.59. The summed E-state index contributed by atoms with van der Waals surface area (Å²) < 4.78 is 196. The van der Waals surface area contributed by atoms with Gasteiger partial charge in [-0.2, -0.15) is 61.5 Å². The summed E-state index contributed by atoms with van der Waals surface area (Å²) >= 11 is 0. The van der Waals surface area contributed by atoms with E-state index in [1.807, 2.05) is 0 Å². The van der Waals surface area contributed by atoms with Crippen molar-refractivity contribution in [3.05, 3.63) is 0 Å². The molecule has 1 atom stereocenters. The predicted octanol–water partition coefficient (Wildman–Crippen LogP) is 5.40. The van der Waals surface area contributed by atoms with Crippen LogP contribution in [-0.2, 0) is 4.74 Å². The third kappa shape index (κ3) is 3.28. The Morgan fingerprint density at radius 2 is 0.923 bits per heavy atom. The molecule has 0 fully saturated rings. The van der Waals surface area contributed by atoms with E-state index in [1.165, 1.54) is 0 Å². The number of methoxy groups -OCH3 is 1. The molecule has 0 aromatic carbocycles. The Morgan fingerprint density at radius 1 is 0.538 bits per heavy atom. The standard InChI is InChI=1S/C10H7F15O/c1-26-3-2-4(11,12)6(14,15)5(13,9(20,21)22)7(16,17)8(18,19)10(23,24)25/h2-3H2,1H3. The summed E-state index contributed by atoms with van der Waals surface area (Å²) in [4.78, 5) is 0. The Kier molecular flexibility index (Phi) is 6.24. The molecule has 0 aliphatic rings. The highest BCUT2D eigenvalue weighted by atomic mass is 19.4. The zero-order chi connectivity index (χ0) is 21.6. The molecule has 16 heteroatoms. The normalized spacial score (nSPS) is 18.0. The third-order valence-corrected chi connectivity index (χ3v) is 3.09. The first-order chi connectivity index (χ1) is 11.1. The van der Waals surface area contributed by atoms with Crippen LogP contribution in [0.5, 0.6) is 0 Å². The molecule has 0 saturated carbocycles. The molecule has 0 aliphatic heterocycles. The molecule has 0 saturated heterocycles. The van der Waals surface area contributed by atoms with E-state index >= 15 is 0 Å². The van der Waals surface area contributed by atoms with Gasteiger partial charge in [-0.3, -0.25) is 0 Å². The quantitative estimate of drug-likeness (QED) is 0.494. The van der Waals surface area contributed by atoms with Gasteiger partial charge in [-0.1, -0.05) is 0 Å². The summed E-state index contributed by atoms with van der Waals surface area (Å²) in [6.07, 6.45) is -18.3. The predicted molar refractivity (Wildman–Crippen MR) is 52.2 cm³/mol. The van der Waals surface area contributed by atoms with Crippen LogP contribution in [-0.4, -0.2) is 55.4 Å². The van der Waals surface area contributed by atoms with Crippen molar-refractivity contribution in [1.82, 2.24) is 0 Å². The van der Waals surface area contributed by atoms with E-state index in [9.17, 15) is 65.9 Å². The van der Waals surface area contributed by atoms with Gasteiger partial charge in [0.25, 0.3) is 0 Å². The number of ether oxygens (including phenoxy) is 1. The molecule has 0 spiro atoms. The van der Waals surface area contributed by atoms with E-state index in [0.717, 1.165) is 0 Å². The first kappa shape index (κ1) is 24.9. The lowest BCUT2D eigenvalue weighted by atomic mass is 9.81. The second-order valence-corrected chi connectivity index (χ2v) is 4.82. The zero-order valence-corrected chi connectivity index (χ0v) is 12.0. The fourth-order valence-electron chi connectivity index (χ4n) is 1.59. The van der Waals surface area contributed by atoms with Gasteiger partial charge in [0.05, 0.1) is 6.61 Å². The minimum Gasteiger partial charge on any atom is -0.384 e. The lowest BCUT2D eigenvalue weighted by molar-refractivity contribution is -0.457. The van der Waals surface area contributed by atoms with Crippen molar-refractivity contribution < 1.29 is 70.6 Å². The second-order valence-electron chi connectivity index (χ2n) is 4.82. The van der Waals surface area contributed by atoms with Crippen LogP contribution in [0.15, 0.2) is 0 Å². The fraction of sp³-hybridized carbons (Fsp3) is 1.00. The Morgan fingerprint density at radius 3 is 1.19 bits per heavy atom. The summed E-state index contributed by atoms with van der Waals surface area (Å²) in [5, 5.41) is 0. The molecule has 158 valence electrons. The van der Waals surface area contributed by atoms with Gasteiger partial charge in [-0.15, -0.1) is 0 Å². The maximum Gasteiger partial charge on any atom is 0.460 e. The van der Waals surface area contributed by atoms with Crippen molar-refractivity contribution in [2.24, 2.45) is 0 Å². The Balaban J connectivity index is 6.77. The molecule has 0 amide bonds. The SMILES string of the molecule is COCCC(F)(F)C(F)(F)C(F)(C(F)(F)F)C(F)(F)C(F)(F)C(F)(F)F. The molecular weight excluding hydrogens is 421 g/mol. The molecule has 0 heterocycles. The van der Waals surface area contributed by atoms with Gasteiger partial charge in [0, 0.05) is 13.5 Å². The van der Waals surface area contributed by atoms with E-state index < -0.39 is 54.7 Å². The first-order valence-electron chi connectivity index (χ1n) is 5.89. The number of rotatable bonds is 7. The molecule has 0 radical (unpaired) electrons. The van der Waals surface area contributed by atoms with Gasteiger partial charge in [-0.25, -0.2) is 4.39 Å². The number of alkyl halides is 15. The van der Waals surface area contributed by atoms with Crippen molar-refractivity contribution in [1.29, 1.82) is 0 Å². The summed E-state index contributed by atoms with van der Waals surface area (Å²) in [6.45, 7) is -1.60. The van der Waals surface area contributed by atoms with E-state index in [2.05, 4.69) is 4.74 Å². The first-order valence-corrected chi connectivity index (χ1v) is 5.89. The van der Waals surface area contributed by atoms with E-state index in [0.29, 0.717) is 7.11 Å². The van der Waals surface area contributed by atoms with E-state index in [1.54, 1.807) is 0 Å². The summed E-state index contributed by atoms with van der Waals surface area (Å²) in [5.41, 5.74) is -8.29. The van der Waals surface area contributed by atoms with Gasteiger partial charge in [0.1, 0.15) is 0 Å². The molecule has 0 rings (SSSR count). The maximum absolute atomic E-state index is 13.7. The van der Waals surface area contributed by atoms with Gasteiger partial charge in [-0.05, 0) is 0 Å². The summed E-state index contributed by atoms with van der Waals surface area (Å²) in [7, 11) is 0.507. The highest BCUT2D eigenvalue weighted by molar-refractivity contribution is 5.18. The van der Waals surface area contributed by atoms with Crippen molar-refractivity contribution >= 4 is 0 Å². The Hall–Kier alpha value is -1.09. The van der Waals surface area contributed by atoms with Crippen LogP contribution < -0.4 is 0 Å². The average Bonchev–Trinajstić information content (AvgIpc) is 2.40. The van der Waals surface area contributed by atoms with Crippen LogP contribution in [0, 0.1) is 0 Å². The molecule has 1 unspecified atom stereocenters. The summed E-state index contributed by atoms with van der Waals surface area (Å²) in [5.74, 6) is -30.6. The molecular formula is C10H7F15O. The van der Waals surface area contributed by atoms with E-state index in [4.69, 9.17) is 0 Å². The van der Waals surface area contributed by atoms with Crippen LogP contribution in [0.1, 0.15) is 6.42 Å². The molecule has 1 nitrogen and oxygen atoms in total. The zero-order valence-electron chi connectivity index (χ0n) is 12.0. The smallest absolute Gasteiger partial charge is 0.384 e. The Bertz CT molecular complexity index is 490. The van der Waals surface area contributed by atoms with Crippen LogP contribution in [0.2, 0.25) is 0 Å². The van der Waals surface area contributed by atoms with Crippen molar-refractivity contribution in [3.8, 4) is 0 Å². The lowest BCUT2D eigenvalue weighted by Gasteiger charge is -2.44. The van der Waals surface area contributed by atoms with Gasteiger partial charge in [0.15, 0.2) is 0 Å². The highest BCUT2D eigenvalue weighted by Crippen LogP contribution is 2.64. The van der Waals surface area contributed by atoms with Gasteiger partial charge < -0.3 is 4.74 Å². The largest absolute Gasteiger partial charge is 0.460 e. The van der Waals surface area contributed by atoms with Crippen LogP contribution >= 0.6 is 0 Å². The maximum atomic E-state index is 13.7. The van der Waals surface area contributed by atoms with Crippen molar-refractivity contribution in [2.75, 3.05) is 13.7 Å². The van der Waals surface area contributed by atoms with Gasteiger partial charge in [0.2, 0.25) is 0 Å². The van der Waals surface area contributed by atoms with Crippen molar-refractivity contribution in [2.45, 2.75) is 48.1 Å². The highest BCUT2D eigenvalue weighted by Gasteiger charge is 2.96. The average molecular weight is 428 g/mol. The van der Waals surface area contributed by atoms with Crippen molar-refractivity contribution in [3.63, 3.8) is 0 Å². The summed E-state index contributed by atoms with van der Waals surface area (Å²) in [6, 6.07) is 0. The number of halogens is 15. The van der Waals surface area contributed by atoms with Gasteiger partial charge >= 0.3 is 41.7 Å². The monoisotopic (exact) mass is 428 g/mol. The molecule has 0 aliphatic carbocycles. The van der Waals surface area contributed by atoms with Crippen LogP contribution in [0.25, 0.3) is 0 Å².